The minimum absolute atomic E-state index is 0.219. The van der Waals surface area contributed by atoms with Gasteiger partial charge < -0.3 is 9.84 Å². The van der Waals surface area contributed by atoms with Crippen LogP contribution in [0.25, 0.3) is 0 Å². The standard InChI is InChI=1S/C3H7O2/c1-2-5-3-4/h4H,1-3H2/q+1. The maximum atomic E-state index is 7.80. The van der Waals surface area contributed by atoms with Crippen molar-refractivity contribution in [2.45, 2.75) is 0 Å². The van der Waals surface area contributed by atoms with Crippen molar-refractivity contribution in [3.8, 4) is 0 Å². The summed E-state index contributed by atoms with van der Waals surface area (Å²) < 4.78 is 4.28. The zero-order valence-corrected chi connectivity index (χ0v) is 2.98. The quantitative estimate of drug-likeness (QED) is 0.363. The number of ether oxygens (including phenoxy) is 1. The first-order chi connectivity index (χ1) is 2.41. The lowest BCUT2D eigenvalue weighted by Gasteiger charge is -1.80. The molecule has 0 rings (SSSR count). The Morgan fingerprint density at radius 3 is 2.40 bits per heavy atom. The van der Waals surface area contributed by atoms with Crippen LogP contribution in [0, 0.1) is 6.92 Å². The van der Waals surface area contributed by atoms with Gasteiger partial charge in [-0.05, 0) is 0 Å². The topological polar surface area (TPSA) is 29.5 Å². The summed E-state index contributed by atoms with van der Waals surface area (Å²) in [7, 11) is 0. The normalized spacial score (nSPS) is 8.20. The fourth-order valence-corrected chi connectivity index (χ4v) is 0.0645. The molecule has 0 unspecified atom stereocenters. The first kappa shape index (κ1) is 4.79. The molecule has 0 aromatic rings. The summed E-state index contributed by atoms with van der Waals surface area (Å²) in [5.41, 5.74) is 0. The highest BCUT2D eigenvalue weighted by atomic mass is 16.6. The summed E-state index contributed by atoms with van der Waals surface area (Å²) in [6.45, 7) is 3.42. The van der Waals surface area contributed by atoms with E-state index in [-0.39, 0.29) is 6.79 Å². The van der Waals surface area contributed by atoms with Gasteiger partial charge in [-0.1, -0.05) is 0 Å². The highest BCUT2D eigenvalue weighted by Gasteiger charge is 1.71. The van der Waals surface area contributed by atoms with Gasteiger partial charge in [-0.2, -0.15) is 0 Å². The summed E-state index contributed by atoms with van der Waals surface area (Å²) in [6.07, 6.45) is 0. The van der Waals surface area contributed by atoms with Gasteiger partial charge in [-0.15, -0.1) is 0 Å². The van der Waals surface area contributed by atoms with Crippen molar-refractivity contribution in [1.29, 1.82) is 0 Å². The van der Waals surface area contributed by atoms with Gasteiger partial charge in [0.25, 0.3) is 0 Å². The van der Waals surface area contributed by atoms with Crippen LogP contribution in [0.4, 0.5) is 0 Å². The fraction of sp³-hybridized carbons (Fsp3) is 0.667. The number of hydrogen-bond donors (Lipinski definition) is 1. The van der Waals surface area contributed by atoms with E-state index >= 15 is 0 Å². The van der Waals surface area contributed by atoms with E-state index in [2.05, 4.69) is 11.7 Å². The minimum atomic E-state index is -0.219. The zero-order chi connectivity index (χ0) is 4.12. The second kappa shape index (κ2) is 3.79. The van der Waals surface area contributed by atoms with E-state index in [4.69, 9.17) is 5.11 Å². The summed E-state index contributed by atoms with van der Waals surface area (Å²) in [5.74, 6) is 0. The maximum absolute atomic E-state index is 7.80. The summed E-state index contributed by atoms with van der Waals surface area (Å²) in [5, 5.41) is 7.80. The Hall–Kier alpha value is -0.210. The average Bonchev–Trinajstić information content (AvgIpc) is 1.41. The number of hydrogen-bond acceptors (Lipinski definition) is 2. The summed E-state index contributed by atoms with van der Waals surface area (Å²) in [4.78, 5) is 0. The van der Waals surface area contributed by atoms with Crippen LogP contribution in [0.2, 0.25) is 0 Å². The molecule has 0 atom stereocenters. The van der Waals surface area contributed by atoms with Gasteiger partial charge in [0.1, 0.15) is 6.79 Å². The molecule has 0 bridgehead atoms. The van der Waals surface area contributed by atoms with Gasteiger partial charge >= 0.3 is 0 Å². The SMILES string of the molecule is [CH2+]COCO. The summed E-state index contributed by atoms with van der Waals surface area (Å²) in [6, 6.07) is 0. The van der Waals surface area contributed by atoms with Crippen molar-refractivity contribution in [1.82, 2.24) is 0 Å². The van der Waals surface area contributed by atoms with Gasteiger partial charge in [-0.3, -0.25) is 0 Å². The van der Waals surface area contributed by atoms with Crippen LogP contribution >= 0.6 is 0 Å². The Labute approximate surface area is 31.4 Å². The van der Waals surface area contributed by atoms with Crippen molar-refractivity contribution in [2.24, 2.45) is 0 Å². The molecule has 0 aliphatic carbocycles. The van der Waals surface area contributed by atoms with E-state index in [0.29, 0.717) is 6.61 Å². The molecule has 0 fully saturated rings. The van der Waals surface area contributed by atoms with Gasteiger partial charge in [0.05, 0.1) is 6.92 Å². The van der Waals surface area contributed by atoms with Crippen molar-refractivity contribution in [2.75, 3.05) is 13.4 Å². The van der Waals surface area contributed by atoms with Gasteiger partial charge in [0.2, 0.25) is 0 Å². The van der Waals surface area contributed by atoms with E-state index in [0.717, 1.165) is 0 Å². The van der Waals surface area contributed by atoms with Crippen LogP contribution in [-0.4, -0.2) is 18.5 Å². The molecule has 1 N–H and O–H groups in total. The molecule has 0 saturated carbocycles. The molecule has 2 nitrogen and oxygen atoms in total. The largest absolute Gasteiger partial charge is 0.370 e. The lowest BCUT2D eigenvalue weighted by atomic mass is 10.9. The maximum Gasteiger partial charge on any atom is 0.187 e. The smallest absolute Gasteiger partial charge is 0.187 e. The monoisotopic (exact) mass is 75.0 g/mol. The molecule has 0 aliphatic rings. The molecule has 2 heteroatoms. The first-order valence-electron chi connectivity index (χ1n) is 1.39. The number of rotatable bonds is 2. The second-order valence-corrected chi connectivity index (χ2v) is 0.537. The molecular weight excluding hydrogens is 68.0 g/mol. The van der Waals surface area contributed by atoms with Gasteiger partial charge in [-0.25, -0.2) is 0 Å². The average molecular weight is 75.1 g/mol. The second-order valence-electron chi connectivity index (χ2n) is 0.537. The van der Waals surface area contributed by atoms with Crippen LogP contribution in [0.3, 0.4) is 0 Å². The van der Waals surface area contributed by atoms with Crippen LogP contribution < -0.4 is 0 Å². The Morgan fingerprint density at radius 2 is 2.40 bits per heavy atom. The van der Waals surface area contributed by atoms with Crippen LogP contribution in [0.5, 0.6) is 0 Å². The molecule has 0 amide bonds. The summed E-state index contributed by atoms with van der Waals surface area (Å²) >= 11 is 0. The molecular formula is C3H7O2+. The molecule has 30 valence electrons. The molecule has 0 aliphatic heterocycles. The Kier molecular flexibility index (Phi) is 3.63. The van der Waals surface area contributed by atoms with Gasteiger partial charge in [0, 0.05) is 0 Å². The molecule has 0 saturated heterocycles. The van der Waals surface area contributed by atoms with Crippen molar-refractivity contribution in [3.63, 3.8) is 0 Å². The van der Waals surface area contributed by atoms with E-state index in [1.165, 1.54) is 0 Å². The molecule has 5 heavy (non-hydrogen) atoms. The lowest BCUT2D eigenvalue weighted by Crippen LogP contribution is -1.88. The van der Waals surface area contributed by atoms with Crippen LogP contribution in [0.1, 0.15) is 0 Å². The number of aliphatic hydroxyl groups excluding tert-OH is 1. The lowest BCUT2D eigenvalue weighted by molar-refractivity contribution is 0.0124. The third kappa shape index (κ3) is 3.79. The van der Waals surface area contributed by atoms with E-state index in [1.807, 2.05) is 0 Å². The zero-order valence-electron chi connectivity index (χ0n) is 2.98. The predicted molar refractivity (Wildman–Crippen MR) is 18.4 cm³/mol. The third-order valence-electron chi connectivity index (χ3n) is 0.236. The minimum Gasteiger partial charge on any atom is -0.370 e. The van der Waals surface area contributed by atoms with Crippen molar-refractivity contribution in [3.05, 3.63) is 6.92 Å². The Morgan fingerprint density at radius 1 is 1.80 bits per heavy atom. The Balaban J connectivity index is 2.19. The van der Waals surface area contributed by atoms with E-state index in [9.17, 15) is 0 Å². The first-order valence-corrected chi connectivity index (χ1v) is 1.39. The number of aliphatic hydroxyl groups is 1. The van der Waals surface area contributed by atoms with E-state index < -0.39 is 0 Å². The van der Waals surface area contributed by atoms with Crippen molar-refractivity contribution >= 4 is 0 Å². The molecule has 0 radical (unpaired) electrons. The predicted octanol–water partition coefficient (Wildman–Crippen LogP) is -0.213. The third-order valence-corrected chi connectivity index (χ3v) is 0.236. The molecule has 0 spiro atoms. The van der Waals surface area contributed by atoms with Crippen LogP contribution in [0.15, 0.2) is 0 Å². The fourth-order valence-electron chi connectivity index (χ4n) is 0.0645. The Bertz CT molecular complexity index is 12.4. The van der Waals surface area contributed by atoms with Crippen LogP contribution in [-0.2, 0) is 4.74 Å². The molecule has 0 aromatic carbocycles. The molecule has 0 aromatic heterocycles. The highest BCUT2D eigenvalue weighted by Crippen LogP contribution is 1.60. The van der Waals surface area contributed by atoms with E-state index in [1.54, 1.807) is 0 Å². The van der Waals surface area contributed by atoms with Crippen molar-refractivity contribution < 1.29 is 9.84 Å². The van der Waals surface area contributed by atoms with Gasteiger partial charge in [0.15, 0.2) is 6.61 Å². The molecule has 0 heterocycles. The highest BCUT2D eigenvalue weighted by molar-refractivity contribution is 4.22.